The Balaban J connectivity index is 1.33. The Morgan fingerprint density at radius 2 is 1.93 bits per heavy atom. The summed E-state index contributed by atoms with van der Waals surface area (Å²) in [6, 6.07) is 9.41. The lowest BCUT2D eigenvalue weighted by molar-refractivity contribution is 0.116. The zero-order valence-corrected chi connectivity index (χ0v) is 16.1. The molecule has 0 aliphatic rings. The van der Waals surface area contributed by atoms with Crippen molar-refractivity contribution in [3.8, 4) is 22.6 Å². The van der Waals surface area contributed by atoms with E-state index in [1.807, 2.05) is 24.4 Å². The first-order chi connectivity index (χ1) is 14.5. The first kappa shape index (κ1) is 18.3. The molecule has 0 unspecified atom stereocenters. The number of nitrogens with two attached hydrogens (primary N) is 1. The van der Waals surface area contributed by atoms with Crippen LogP contribution in [-0.4, -0.2) is 29.9 Å². The molecule has 0 saturated carbocycles. The Morgan fingerprint density at radius 1 is 1.07 bits per heavy atom. The van der Waals surface area contributed by atoms with Gasteiger partial charge >= 0.3 is 6.43 Å². The summed E-state index contributed by atoms with van der Waals surface area (Å²) in [5.41, 5.74) is 9.84. The number of thiazole rings is 1. The van der Waals surface area contributed by atoms with Crippen molar-refractivity contribution in [2.75, 3.05) is 5.73 Å². The van der Waals surface area contributed by atoms with E-state index in [-0.39, 0.29) is 5.89 Å². The van der Waals surface area contributed by atoms with Gasteiger partial charge in [-0.05, 0) is 29.8 Å². The molecule has 0 radical (unpaired) electrons. The van der Waals surface area contributed by atoms with Crippen LogP contribution in [0.25, 0.3) is 32.8 Å². The number of benzene rings is 1. The largest absolute Gasteiger partial charge is 0.415 e. The van der Waals surface area contributed by atoms with Crippen molar-refractivity contribution in [2.45, 2.75) is 13.0 Å². The van der Waals surface area contributed by atoms with Crippen molar-refractivity contribution in [3.05, 3.63) is 60.5 Å². The number of hydrogen-bond donors (Lipinski definition) is 1. The van der Waals surface area contributed by atoms with Crippen molar-refractivity contribution in [2.24, 2.45) is 0 Å². The van der Waals surface area contributed by atoms with E-state index in [1.54, 1.807) is 23.0 Å². The molecule has 0 spiro atoms. The van der Waals surface area contributed by atoms with Gasteiger partial charge in [0.15, 0.2) is 5.13 Å². The summed E-state index contributed by atoms with van der Waals surface area (Å²) in [5.74, 6) is -0.706. The van der Waals surface area contributed by atoms with Gasteiger partial charge in [0, 0.05) is 18.0 Å². The number of halogens is 2. The fraction of sp³-hybridized carbons (Fsp3) is 0.105. The molecule has 0 bridgehead atoms. The van der Waals surface area contributed by atoms with Crippen LogP contribution in [0.3, 0.4) is 0 Å². The van der Waals surface area contributed by atoms with Crippen LogP contribution in [0.5, 0.6) is 0 Å². The zero-order chi connectivity index (χ0) is 20.7. The fourth-order valence-corrected chi connectivity index (χ4v) is 3.74. The topological polar surface area (TPSA) is 109 Å². The molecule has 8 nitrogen and oxygen atoms in total. The second-order valence-electron chi connectivity index (χ2n) is 6.45. The molecule has 150 valence electrons. The monoisotopic (exact) mass is 425 g/mol. The fourth-order valence-electron chi connectivity index (χ4n) is 2.97. The predicted octanol–water partition coefficient (Wildman–Crippen LogP) is 4.17. The smallest absolute Gasteiger partial charge is 0.314 e. The number of anilines is 1. The Morgan fingerprint density at radius 3 is 2.70 bits per heavy atom. The Bertz CT molecular complexity index is 1330. The molecule has 5 aromatic rings. The third kappa shape index (κ3) is 3.50. The number of fused-ring (bicyclic) bond motifs is 1. The van der Waals surface area contributed by atoms with Crippen molar-refractivity contribution < 1.29 is 13.2 Å². The third-order valence-electron chi connectivity index (χ3n) is 4.39. The highest BCUT2D eigenvalue weighted by molar-refractivity contribution is 7.22. The lowest BCUT2D eigenvalue weighted by atomic mass is 10.1. The number of nitrogen functional groups attached to an aromatic ring is 1. The maximum atomic E-state index is 12.6. The normalized spacial score (nSPS) is 11.6. The van der Waals surface area contributed by atoms with Gasteiger partial charge in [-0.2, -0.15) is 13.9 Å². The first-order valence-corrected chi connectivity index (χ1v) is 9.62. The SMILES string of the molecule is Nc1nc2ccc(-c3cnn(Cc4ccc(-c5nnc(C(F)F)o5)cn4)c3)cc2s1. The van der Waals surface area contributed by atoms with Crippen LogP contribution in [0.1, 0.15) is 18.0 Å². The molecule has 4 aromatic heterocycles. The molecule has 1 aromatic carbocycles. The highest BCUT2D eigenvalue weighted by Crippen LogP contribution is 2.29. The van der Waals surface area contributed by atoms with Gasteiger partial charge in [0.25, 0.3) is 5.89 Å². The molecule has 30 heavy (non-hydrogen) atoms. The van der Waals surface area contributed by atoms with E-state index < -0.39 is 12.3 Å². The van der Waals surface area contributed by atoms with E-state index in [1.165, 1.54) is 17.5 Å². The molecule has 0 atom stereocenters. The molecule has 0 aliphatic carbocycles. The van der Waals surface area contributed by atoms with E-state index in [0.717, 1.165) is 27.0 Å². The minimum absolute atomic E-state index is 0.00446. The molecule has 0 aliphatic heterocycles. The molecule has 11 heteroatoms. The van der Waals surface area contributed by atoms with Crippen molar-refractivity contribution in [1.82, 2.24) is 29.9 Å². The van der Waals surface area contributed by atoms with Crippen LogP contribution >= 0.6 is 11.3 Å². The van der Waals surface area contributed by atoms with Crippen molar-refractivity contribution in [1.29, 1.82) is 0 Å². The molecule has 4 heterocycles. The van der Waals surface area contributed by atoms with Gasteiger partial charge < -0.3 is 10.2 Å². The molecule has 0 saturated heterocycles. The van der Waals surface area contributed by atoms with Crippen LogP contribution < -0.4 is 5.73 Å². The summed E-state index contributed by atoms with van der Waals surface area (Å²) < 4.78 is 32.9. The van der Waals surface area contributed by atoms with E-state index >= 15 is 0 Å². The van der Waals surface area contributed by atoms with Gasteiger partial charge in [0.1, 0.15) is 0 Å². The van der Waals surface area contributed by atoms with Crippen LogP contribution in [0.15, 0.2) is 53.3 Å². The Labute approximate surface area is 172 Å². The number of rotatable bonds is 5. The van der Waals surface area contributed by atoms with Gasteiger partial charge in [-0.25, -0.2) is 4.98 Å². The number of pyridine rings is 1. The highest BCUT2D eigenvalue weighted by Gasteiger charge is 2.17. The molecular weight excluding hydrogens is 412 g/mol. The summed E-state index contributed by atoms with van der Waals surface area (Å²) in [5, 5.41) is 11.9. The van der Waals surface area contributed by atoms with Crippen LogP contribution in [0, 0.1) is 0 Å². The average Bonchev–Trinajstić information content (AvgIpc) is 3.47. The Hall–Kier alpha value is -3.73. The number of hydrogen-bond acceptors (Lipinski definition) is 8. The molecule has 5 rings (SSSR count). The van der Waals surface area contributed by atoms with Gasteiger partial charge in [-0.15, -0.1) is 10.2 Å². The second kappa shape index (κ2) is 7.26. The maximum absolute atomic E-state index is 12.6. The van der Waals surface area contributed by atoms with Gasteiger partial charge in [-0.1, -0.05) is 17.4 Å². The van der Waals surface area contributed by atoms with Gasteiger partial charge in [0.2, 0.25) is 5.89 Å². The number of nitrogens with zero attached hydrogens (tertiary/aromatic N) is 6. The van der Waals surface area contributed by atoms with E-state index in [4.69, 9.17) is 10.2 Å². The summed E-state index contributed by atoms with van der Waals surface area (Å²) in [7, 11) is 0. The molecule has 2 N–H and O–H groups in total. The second-order valence-corrected chi connectivity index (χ2v) is 7.51. The van der Waals surface area contributed by atoms with E-state index in [2.05, 4.69) is 25.3 Å². The third-order valence-corrected chi connectivity index (χ3v) is 5.24. The minimum Gasteiger partial charge on any atom is -0.415 e. The average molecular weight is 425 g/mol. The summed E-state index contributed by atoms with van der Waals surface area (Å²) in [4.78, 5) is 8.60. The quantitative estimate of drug-likeness (QED) is 0.450. The molecule has 0 fully saturated rings. The lowest BCUT2D eigenvalue weighted by Crippen LogP contribution is -2.01. The molecule has 0 amide bonds. The zero-order valence-electron chi connectivity index (χ0n) is 15.2. The van der Waals surface area contributed by atoms with E-state index in [0.29, 0.717) is 17.2 Å². The lowest BCUT2D eigenvalue weighted by Gasteiger charge is -2.02. The summed E-state index contributed by atoms with van der Waals surface area (Å²) in [6.45, 7) is 0.447. The minimum atomic E-state index is -2.80. The first-order valence-electron chi connectivity index (χ1n) is 8.81. The van der Waals surface area contributed by atoms with Gasteiger partial charge in [-0.3, -0.25) is 9.67 Å². The number of aromatic nitrogens is 6. The van der Waals surface area contributed by atoms with Crippen molar-refractivity contribution in [3.63, 3.8) is 0 Å². The van der Waals surface area contributed by atoms with Gasteiger partial charge in [0.05, 0.1) is 34.2 Å². The van der Waals surface area contributed by atoms with Crippen LogP contribution in [0.2, 0.25) is 0 Å². The van der Waals surface area contributed by atoms with Crippen molar-refractivity contribution >= 4 is 26.7 Å². The van der Waals surface area contributed by atoms with E-state index in [9.17, 15) is 8.78 Å². The van der Waals surface area contributed by atoms with Crippen LogP contribution in [0.4, 0.5) is 13.9 Å². The Kier molecular flexibility index (Phi) is 4.43. The summed E-state index contributed by atoms with van der Waals surface area (Å²) in [6.07, 6.45) is 2.41. The standard InChI is InChI=1S/C19H13F2N7OS/c20-16(21)18-27-26-17(29-18)11-1-3-13(23-6-11)9-28-8-12(7-24-28)10-2-4-14-15(5-10)30-19(22)25-14/h1-8,16H,9H2,(H2,22,25). The summed E-state index contributed by atoms with van der Waals surface area (Å²) >= 11 is 1.44. The maximum Gasteiger partial charge on any atom is 0.314 e. The van der Waals surface area contributed by atoms with Crippen LogP contribution in [-0.2, 0) is 6.54 Å². The predicted molar refractivity (Wildman–Crippen MR) is 107 cm³/mol. The highest BCUT2D eigenvalue weighted by atomic mass is 32.1. The number of alkyl halides is 2. The molecular formula is C19H13F2N7OS.